The number of hydrogen-bond acceptors (Lipinski definition) is 3. The molecule has 0 bridgehead atoms. The number of nitrogens with zero attached hydrogens (tertiary/aromatic N) is 2. The maximum Gasteiger partial charge on any atom is 0.218 e. The minimum atomic E-state index is 0.393. The van der Waals surface area contributed by atoms with Crippen molar-refractivity contribution in [1.82, 2.24) is 9.97 Å². The van der Waals surface area contributed by atoms with Crippen LogP contribution in [0.15, 0.2) is 42.5 Å². The molecule has 3 nitrogen and oxygen atoms in total. The lowest BCUT2D eigenvalue weighted by atomic mass is 10.2. The van der Waals surface area contributed by atoms with Crippen molar-refractivity contribution >= 4 is 17.7 Å². The van der Waals surface area contributed by atoms with Crippen molar-refractivity contribution < 1.29 is 4.74 Å². The summed E-state index contributed by atoms with van der Waals surface area (Å²) in [6.45, 7) is 2.22. The highest BCUT2D eigenvalue weighted by Crippen LogP contribution is 2.13. The summed E-state index contributed by atoms with van der Waals surface area (Å²) in [5, 5.41) is 0.393. The molecule has 0 saturated carbocycles. The molecule has 0 saturated heterocycles. The third-order valence-corrected chi connectivity index (χ3v) is 2.41. The van der Waals surface area contributed by atoms with Gasteiger partial charge in [0.25, 0.3) is 0 Å². The molecule has 0 radical (unpaired) electrons. The summed E-state index contributed by atoms with van der Waals surface area (Å²) in [6.07, 6.45) is 3.93. The van der Waals surface area contributed by atoms with Gasteiger partial charge in [-0.2, -0.15) is 4.98 Å². The summed E-state index contributed by atoms with van der Waals surface area (Å²) >= 11 is 5.81. The van der Waals surface area contributed by atoms with E-state index >= 15 is 0 Å². The molecule has 0 unspecified atom stereocenters. The lowest BCUT2D eigenvalue weighted by Gasteiger charge is -2.03. The SMILES string of the molecule is Cc1nc(Cl)cc(OCC=Cc2ccccc2)n1. The molecular weight excluding hydrogens is 248 g/mol. The van der Waals surface area contributed by atoms with Crippen molar-refractivity contribution in [2.24, 2.45) is 0 Å². The van der Waals surface area contributed by atoms with Crippen LogP contribution in [-0.4, -0.2) is 16.6 Å². The Hall–Kier alpha value is -1.87. The zero-order chi connectivity index (χ0) is 12.8. The van der Waals surface area contributed by atoms with E-state index in [0.29, 0.717) is 23.5 Å². The van der Waals surface area contributed by atoms with Gasteiger partial charge in [-0.1, -0.05) is 48.0 Å². The average Bonchev–Trinajstić information content (AvgIpc) is 2.35. The van der Waals surface area contributed by atoms with E-state index in [-0.39, 0.29) is 0 Å². The summed E-state index contributed by atoms with van der Waals surface area (Å²) in [5.74, 6) is 1.09. The minimum absolute atomic E-state index is 0.393. The quantitative estimate of drug-likeness (QED) is 0.789. The van der Waals surface area contributed by atoms with Crippen molar-refractivity contribution in [2.45, 2.75) is 6.92 Å². The lowest BCUT2D eigenvalue weighted by Crippen LogP contribution is -1.98. The van der Waals surface area contributed by atoms with Crippen LogP contribution in [0.1, 0.15) is 11.4 Å². The van der Waals surface area contributed by atoms with Crippen LogP contribution in [0, 0.1) is 6.92 Å². The summed E-state index contributed by atoms with van der Waals surface area (Å²) in [4.78, 5) is 8.09. The highest BCUT2D eigenvalue weighted by atomic mass is 35.5. The predicted octanol–water partition coefficient (Wildman–Crippen LogP) is 3.53. The predicted molar refractivity (Wildman–Crippen MR) is 72.8 cm³/mol. The normalized spacial score (nSPS) is 10.8. The molecule has 0 fully saturated rings. The fourth-order valence-corrected chi connectivity index (χ4v) is 1.68. The first-order chi connectivity index (χ1) is 8.74. The first-order valence-electron chi connectivity index (χ1n) is 5.59. The molecule has 1 heterocycles. The van der Waals surface area contributed by atoms with Crippen molar-refractivity contribution in [1.29, 1.82) is 0 Å². The number of hydrogen-bond donors (Lipinski definition) is 0. The summed E-state index contributed by atoms with van der Waals surface area (Å²) in [5.41, 5.74) is 1.14. The third-order valence-electron chi connectivity index (χ3n) is 2.22. The van der Waals surface area contributed by atoms with Crippen LogP contribution in [0.5, 0.6) is 5.88 Å². The Morgan fingerprint density at radius 3 is 2.72 bits per heavy atom. The highest BCUT2D eigenvalue weighted by molar-refractivity contribution is 6.29. The van der Waals surface area contributed by atoms with E-state index in [1.54, 1.807) is 13.0 Å². The third kappa shape index (κ3) is 3.86. The van der Waals surface area contributed by atoms with Crippen LogP contribution in [-0.2, 0) is 0 Å². The van der Waals surface area contributed by atoms with E-state index in [4.69, 9.17) is 16.3 Å². The van der Waals surface area contributed by atoms with E-state index in [9.17, 15) is 0 Å². The maximum absolute atomic E-state index is 5.81. The first-order valence-corrected chi connectivity index (χ1v) is 5.97. The molecule has 0 amide bonds. The first kappa shape index (κ1) is 12.6. The topological polar surface area (TPSA) is 35.0 Å². The number of benzene rings is 1. The highest BCUT2D eigenvalue weighted by Gasteiger charge is 1.99. The smallest absolute Gasteiger partial charge is 0.218 e. The number of rotatable bonds is 4. The van der Waals surface area contributed by atoms with E-state index < -0.39 is 0 Å². The van der Waals surface area contributed by atoms with Gasteiger partial charge >= 0.3 is 0 Å². The molecule has 1 aromatic carbocycles. The van der Waals surface area contributed by atoms with Crippen LogP contribution in [0.3, 0.4) is 0 Å². The number of halogens is 1. The van der Waals surface area contributed by atoms with E-state index in [1.807, 2.05) is 42.5 Å². The molecular formula is C14H13ClN2O. The second-order valence-electron chi connectivity index (χ2n) is 3.70. The Balaban J connectivity index is 1.90. The van der Waals surface area contributed by atoms with Gasteiger partial charge in [0.1, 0.15) is 17.6 Å². The molecule has 0 N–H and O–H groups in total. The Bertz CT molecular complexity index is 520. The molecule has 0 spiro atoms. The van der Waals surface area contributed by atoms with Crippen LogP contribution >= 0.6 is 11.6 Å². The molecule has 0 atom stereocenters. The Kier molecular flexibility index (Phi) is 4.31. The molecule has 92 valence electrons. The maximum atomic E-state index is 5.81. The van der Waals surface area contributed by atoms with Crippen molar-refractivity contribution in [3.63, 3.8) is 0 Å². The van der Waals surface area contributed by atoms with Gasteiger partial charge in [-0.25, -0.2) is 4.98 Å². The zero-order valence-corrected chi connectivity index (χ0v) is 10.8. The second-order valence-corrected chi connectivity index (χ2v) is 4.09. The lowest BCUT2D eigenvalue weighted by molar-refractivity contribution is 0.347. The summed E-state index contributed by atoms with van der Waals surface area (Å²) in [6, 6.07) is 11.6. The van der Waals surface area contributed by atoms with Gasteiger partial charge in [-0.3, -0.25) is 0 Å². The number of aromatic nitrogens is 2. The van der Waals surface area contributed by atoms with Crippen LogP contribution in [0.4, 0.5) is 0 Å². The fraction of sp³-hybridized carbons (Fsp3) is 0.143. The number of aryl methyl sites for hydroxylation is 1. The molecule has 0 aliphatic heterocycles. The van der Waals surface area contributed by atoms with Gasteiger partial charge in [0.2, 0.25) is 5.88 Å². The van der Waals surface area contributed by atoms with Gasteiger partial charge in [-0.15, -0.1) is 0 Å². The average molecular weight is 261 g/mol. The summed E-state index contributed by atoms with van der Waals surface area (Å²) < 4.78 is 5.47. The largest absolute Gasteiger partial charge is 0.473 e. The van der Waals surface area contributed by atoms with E-state index in [2.05, 4.69) is 9.97 Å². The second kappa shape index (κ2) is 6.17. The van der Waals surface area contributed by atoms with Gasteiger partial charge in [0.05, 0.1) is 0 Å². The van der Waals surface area contributed by atoms with Crippen LogP contribution in [0.2, 0.25) is 5.15 Å². The number of ether oxygens (including phenoxy) is 1. The molecule has 2 rings (SSSR count). The Morgan fingerprint density at radius 1 is 1.22 bits per heavy atom. The van der Waals surface area contributed by atoms with Gasteiger partial charge in [0, 0.05) is 6.07 Å². The summed E-state index contributed by atoms with van der Waals surface area (Å²) in [7, 11) is 0. The minimum Gasteiger partial charge on any atom is -0.473 e. The molecule has 0 aliphatic rings. The van der Waals surface area contributed by atoms with Crippen molar-refractivity contribution in [3.05, 3.63) is 59.0 Å². The van der Waals surface area contributed by atoms with Gasteiger partial charge < -0.3 is 4.74 Å². The standard InChI is InChI=1S/C14H13ClN2O/c1-11-16-13(15)10-14(17-11)18-9-5-8-12-6-3-2-4-7-12/h2-8,10H,9H2,1H3. The van der Waals surface area contributed by atoms with E-state index in [1.165, 1.54) is 0 Å². The van der Waals surface area contributed by atoms with Crippen LogP contribution in [0.25, 0.3) is 6.08 Å². The van der Waals surface area contributed by atoms with Gasteiger partial charge in [0.15, 0.2) is 0 Å². The zero-order valence-electron chi connectivity index (χ0n) is 10.0. The molecule has 0 aliphatic carbocycles. The van der Waals surface area contributed by atoms with E-state index in [0.717, 1.165) is 5.56 Å². The van der Waals surface area contributed by atoms with Crippen molar-refractivity contribution in [2.75, 3.05) is 6.61 Å². The molecule has 4 heteroatoms. The fourth-order valence-electron chi connectivity index (χ4n) is 1.46. The van der Waals surface area contributed by atoms with Gasteiger partial charge in [-0.05, 0) is 18.6 Å². The molecule has 18 heavy (non-hydrogen) atoms. The Morgan fingerprint density at radius 2 is 2.00 bits per heavy atom. The molecule has 2 aromatic rings. The van der Waals surface area contributed by atoms with Crippen molar-refractivity contribution in [3.8, 4) is 5.88 Å². The Labute approximate surface area is 111 Å². The monoisotopic (exact) mass is 260 g/mol. The molecule has 1 aromatic heterocycles. The van der Waals surface area contributed by atoms with Crippen LogP contribution < -0.4 is 4.74 Å².